The summed E-state index contributed by atoms with van der Waals surface area (Å²) in [5, 5.41) is 0. The van der Waals surface area contributed by atoms with Crippen molar-refractivity contribution in [2.24, 2.45) is 28.1 Å². The van der Waals surface area contributed by atoms with E-state index in [0.717, 1.165) is 11.8 Å². The first-order valence-electron chi connectivity index (χ1n) is 5.60. The van der Waals surface area contributed by atoms with Gasteiger partial charge >= 0.3 is 0 Å². The van der Waals surface area contributed by atoms with Gasteiger partial charge in [-0.25, -0.2) is 0 Å². The molecular weight excluding hydrogens is 156 g/mol. The number of hydrogen-bond donors (Lipinski definition) is 0. The van der Waals surface area contributed by atoms with Crippen LogP contribution in [-0.4, -0.2) is 0 Å². The minimum atomic E-state index is 0.466. The van der Waals surface area contributed by atoms with Gasteiger partial charge in [0.2, 0.25) is 0 Å². The maximum absolute atomic E-state index is 2.47. The molecule has 0 N–H and O–H groups in total. The summed E-state index contributed by atoms with van der Waals surface area (Å²) in [5.41, 5.74) is 1.47. The first kappa shape index (κ1) is 11.1. The fourth-order valence-electron chi connectivity index (χ4n) is 3.67. The van der Waals surface area contributed by atoms with Crippen molar-refractivity contribution in [3.8, 4) is 0 Å². The molecule has 0 spiro atoms. The van der Waals surface area contributed by atoms with Crippen LogP contribution in [0, 0.1) is 28.1 Å². The van der Waals surface area contributed by atoms with E-state index in [1.54, 1.807) is 0 Å². The van der Waals surface area contributed by atoms with Crippen LogP contribution in [0.2, 0.25) is 0 Å². The lowest BCUT2D eigenvalue weighted by Crippen LogP contribution is -2.67. The van der Waals surface area contributed by atoms with Gasteiger partial charge in [-0.2, -0.15) is 0 Å². The fourth-order valence-corrected chi connectivity index (χ4v) is 3.67. The summed E-state index contributed by atoms with van der Waals surface area (Å²) < 4.78 is 0. The van der Waals surface area contributed by atoms with Crippen LogP contribution in [-0.2, 0) is 0 Å². The molecule has 0 amide bonds. The second-order valence-electron chi connectivity index (χ2n) is 6.51. The fraction of sp³-hybridized carbons (Fsp3) is 1.00. The summed E-state index contributed by atoms with van der Waals surface area (Å²) in [5.74, 6) is 1.61. The maximum Gasteiger partial charge on any atom is -0.0215 e. The van der Waals surface area contributed by atoms with Gasteiger partial charge in [0.25, 0.3) is 0 Å². The van der Waals surface area contributed by atoms with Gasteiger partial charge < -0.3 is 0 Å². The van der Waals surface area contributed by atoms with Gasteiger partial charge in [-0.15, -0.1) is 0 Å². The quantitative estimate of drug-likeness (QED) is 0.565. The van der Waals surface area contributed by atoms with E-state index in [-0.39, 0.29) is 0 Å². The molecule has 0 heterocycles. The molecule has 0 saturated heterocycles. The van der Waals surface area contributed by atoms with E-state index >= 15 is 0 Å². The molecule has 1 saturated carbocycles. The second-order valence-corrected chi connectivity index (χ2v) is 6.51. The maximum atomic E-state index is 2.47. The van der Waals surface area contributed by atoms with Crippen molar-refractivity contribution < 1.29 is 0 Å². The Hall–Kier alpha value is 0. The molecule has 0 nitrogen and oxygen atoms in total. The molecule has 0 aromatic rings. The summed E-state index contributed by atoms with van der Waals surface area (Å²) in [6, 6.07) is 0. The van der Waals surface area contributed by atoms with Crippen molar-refractivity contribution in [2.45, 2.75) is 55.4 Å². The van der Waals surface area contributed by atoms with Crippen LogP contribution < -0.4 is 0 Å². The molecule has 1 aliphatic carbocycles. The van der Waals surface area contributed by atoms with Crippen molar-refractivity contribution in [2.75, 3.05) is 0 Å². The van der Waals surface area contributed by atoms with Crippen LogP contribution in [0.5, 0.6) is 0 Å². The highest BCUT2D eigenvalue weighted by molar-refractivity contribution is 5.15. The Morgan fingerprint density at radius 3 is 1.46 bits per heavy atom. The van der Waals surface area contributed by atoms with E-state index in [4.69, 9.17) is 0 Å². The lowest BCUT2D eigenvalue weighted by molar-refractivity contribution is -0.250. The Morgan fingerprint density at radius 1 is 0.923 bits per heavy atom. The van der Waals surface area contributed by atoms with Gasteiger partial charge in [0.15, 0.2) is 0 Å². The minimum absolute atomic E-state index is 0.466. The standard InChI is InChI=1S/C13H26/c1-9(2)13(8)10(3)11(4,5)12(13,6)7/h9-10H,1-8H3. The molecule has 0 aliphatic heterocycles. The minimum Gasteiger partial charge on any atom is -0.0622 e. The predicted molar refractivity (Wildman–Crippen MR) is 59.7 cm³/mol. The molecule has 78 valence electrons. The Bertz CT molecular complexity index is 210. The highest BCUT2D eigenvalue weighted by Gasteiger charge is 2.67. The summed E-state index contributed by atoms with van der Waals surface area (Å²) in [7, 11) is 0. The first-order valence-corrected chi connectivity index (χ1v) is 5.60. The third kappa shape index (κ3) is 0.926. The van der Waals surface area contributed by atoms with E-state index in [1.165, 1.54) is 0 Å². The van der Waals surface area contributed by atoms with Gasteiger partial charge in [0.1, 0.15) is 0 Å². The van der Waals surface area contributed by atoms with Gasteiger partial charge in [0, 0.05) is 0 Å². The van der Waals surface area contributed by atoms with Crippen molar-refractivity contribution >= 4 is 0 Å². The zero-order valence-electron chi connectivity index (χ0n) is 10.7. The van der Waals surface area contributed by atoms with Crippen molar-refractivity contribution in [1.82, 2.24) is 0 Å². The van der Waals surface area contributed by atoms with E-state index in [2.05, 4.69) is 55.4 Å². The van der Waals surface area contributed by atoms with Gasteiger partial charge in [-0.1, -0.05) is 55.4 Å². The van der Waals surface area contributed by atoms with Crippen LogP contribution in [0.15, 0.2) is 0 Å². The molecule has 0 aromatic heterocycles. The SMILES string of the molecule is CC(C)C1(C)C(C)C(C)(C)C1(C)C. The van der Waals surface area contributed by atoms with Gasteiger partial charge in [0.05, 0.1) is 0 Å². The Labute approximate surface area is 84.1 Å². The average Bonchev–Trinajstić information content (AvgIpc) is 2.00. The van der Waals surface area contributed by atoms with Crippen LogP contribution in [0.4, 0.5) is 0 Å². The van der Waals surface area contributed by atoms with E-state index < -0.39 is 0 Å². The molecule has 0 bridgehead atoms. The van der Waals surface area contributed by atoms with Crippen molar-refractivity contribution in [3.63, 3.8) is 0 Å². The molecule has 1 aliphatic rings. The first-order chi connectivity index (χ1) is 5.60. The lowest BCUT2D eigenvalue weighted by Gasteiger charge is -2.73. The van der Waals surface area contributed by atoms with Gasteiger partial charge in [-0.3, -0.25) is 0 Å². The average molecular weight is 182 g/mol. The van der Waals surface area contributed by atoms with Crippen LogP contribution in [0.3, 0.4) is 0 Å². The molecule has 2 unspecified atom stereocenters. The van der Waals surface area contributed by atoms with Crippen LogP contribution in [0.25, 0.3) is 0 Å². The van der Waals surface area contributed by atoms with Crippen molar-refractivity contribution in [1.29, 1.82) is 0 Å². The largest absolute Gasteiger partial charge is 0.0622 e. The van der Waals surface area contributed by atoms with E-state index in [0.29, 0.717) is 16.2 Å². The zero-order chi connectivity index (χ0) is 10.7. The summed E-state index contributed by atoms with van der Waals surface area (Å²) in [6.07, 6.45) is 0. The van der Waals surface area contributed by atoms with Crippen LogP contribution >= 0.6 is 0 Å². The molecule has 13 heavy (non-hydrogen) atoms. The third-order valence-corrected chi connectivity index (χ3v) is 6.14. The third-order valence-electron chi connectivity index (χ3n) is 6.14. The Balaban J connectivity index is 3.07. The van der Waals surface area contributed by atoms with E-state index in [1.807, 2.05) is 0 Å². The molecule has 0 radical (unpaired) electrons. The smallest absolute Gasteiger partial charge is 0.0215 e. The molecule has 2 atom stereocenters. The second kappa shape index (κ2) is 2.52. The topological polar surface area (TPSA) is 0 Å². The normalized spacial score (nSPS) is 41.8. The number of hydrogen-bond acceptors (Lipinski definition) is 0. The van der Waals surface area contributed by atoms with E-state index in [9.17, 15) is 0 Å². The molecule has 0 aromatic carbocycles. The summed E-state index contributed by atoms with van der Waals surface area (Å²) >= 11 is 0. The molecular formula is C13H26. The number of rotatable bonds is 1. The zero-order valence-corrected chi connectivity index (χ0v) is 10.7. The predicted octanol–water partition coefficient (Wildman–Crippen LogP) is 4.35. The summed E-state index contributed by atoms with van der Waals surface area (Å²) in [4.78, 5) is 0. The molecule has 1 fully saturated rings. The van der Waals surface area contributed by atoms with Gasteiger partial charge in [-0.05, 0) is 28.1 Å². The Morgan fingerprint density at radius 2 is 1.31 bits per heavy atom. The molecule has 1 rings (SSSR count). The summed E-state index contributed by atoms with van der Waals surface area (Å²) in [6.45, 7) is 19.3. The highest BCUT2D eigenvalue weighted by atomic mass is 14.7. The lowest BCUT2D eigenvalue weighted by atomic mass is 9.32. The monoisotopic (exact) mass is 182 g/mol. The van der Waals surface area contributed by atoms with Crippen LogP contribution in [0.1, 0.15) is 55.4 Å². The highest BCUT2D eigenvalue weighted by Crippen LogP contribution is 2.73. The Kier molecular flexibility index (Phi) is 2.15. The van der Waals surface area contributed by atoms with Crippen molar-refractivity contribution in [3.05, 3.63) is 0 Å². The molecule has 0 heteroatoms.